The summed E-state index contributed by atoms with van der Waals surface area (Å²) in [6.45, 7) is 0.489. The Balaban J connectivity index is 1.67. The fourth-order valence-electron chi connectivity index (χ4n) is 3.78. The minimum Gasteiger partial charge on any atom is -0.508 e. The van der Waals surface area contributed by atoms with Crippen LogP contribution < -0.4 is 5.32 Å². The molecule has 144 valence electrons. The second-order valence-electron chi connectivity index (χ2n) is 7.15. The van der Waals surface area contributed by atoms with Crippen molar-refractivity contribution in [3.05, 3.63) is 114 Å². The molecule has 0 unspecified atom stereocenters. The molecule has 0 fully saturated rings. The maximum atomic E-state index is 12.8. The number of benzene rings is 4. The van der Waals surface area contributed by atoms with Crippen LogP contribution in [0.3, 0.4) is 0 Å². The van der Waals surface area contributed by atoms with Crippen LogP contribution in [0, 0.1) is 0 Å². The van der Waals surface area contributed by atoms with Crippen LogP contribution >= 0.6 is 0 Å². The second kappa shape index (κ2) is 8.61. The molecule has 0 radical (unpaired) electrons. The third-order valence-corrected chi connectivity index (χ3v) is 5.22. The zero-order valence-electron chi connectivity index (χ0n) is 16.1. The monoisotopic (exact) mass is 381 g/mol. The molecule has 3 nitrogen and oxygen atoms in total. The molecule has 1 atom stereocenters. The molecule has 0 aliphatic heterocycles. The van der Waals surface area contributed by atoms with Gasteiger partial charge in [0.15, 0.2) is 0 Å². The van der Waals surface area contributed by atoms with Crippen LogP contribution in [0.25, 0.3) is 10.8 Å². The van der Waals surface area contributed by atoms with Crippen molar-refractivity contribution >= 4 is 16.7 Å². The summed E-state index contributed by atoms with van der Waals surface area (Å²) in [7, 11) is 0. The average molecular weight is 381 g/mol. The van der Waals surface area contributed by atoms with E-state index < -0.39 is 0 Å². The zero-order chi connectivity index (χ0) is 20.1. The second-order valence-corrected chi connectivity index (χ2v) is 7.15. The first-order valence-corrected chi connectivity index (χ1v) is 9.78. The van der Waals surface area contributed by atoms with Crippen molar-refractivity contribution in [3.8, 4) is 5.75 Å². The van der Waals surface area contributed by atoms with E-state index in [9.17, 15) is 9.90 Å². The molecule has 29 heavy (non-hydrogen) atoms. The SMILES string of the molecule is O=C(C[C@H](c1ccccc1)c1c(O)ccc2ccccc12)NCc1ccccc1. The lowest BCUT2D eigenvalue weighted by atomic mass is 9.84. The summed E-state index contributed by atoms with van der Waals surface area (Å²) in [6, 6.07) is 31.4. The van der Waals surface area contributed by atoms with Crippen LogP contribution in [0.4, 0.5) is 0 Å². The van der Waals surface area contributed by atoms with Gasteiger partial charge in [0.25, 0.3) is 0 Å². The average Bonchev–Trinajstić information content (AvgIpc) is 2.78. The number of phenols is 1. The number of fused-ring (bicyclic) bond motifs is 1. The molecule has 4 aromatic rings. The first kappa shape index (κ1) is 18.8. The predicted octanol–water partition coefficient (Wildman–Crippen LogP) is 5.38. The molecule has 0 saturated carbocycles. The molecular formula is C26H23NO2. The van der Waals surface area contributed by atoms with Crippen molar-refractivity contribution in [2.24, 2.45) is 0 Å². The van der Waals surface area contributed by atoms with Gasteiger partial charge < -0.3 is 10.4 Å². The van der Waals surface area contributed by atoms with Crippen LogP contribution in [0.5, 0.6) is 5.75 Å². The highest BCUT2D eigenvalue weighted by molar-refractivity contribution is 5.89. The lowest BCUT2D eigenvalue weighted by Gasteiger charge is -2.21. The predicted molar refractivity (Wildman–Crippen MR) is 117 cm³/mol. The van der Waals surface area contributed by atoms with Crippen LogP contribution in [-0.2, 0) is 11.3 Å². The summed E-state index contributed by atoms with van der Waals surface area (Å²) in [6.07, 6.45) is 0.262. The molecule has 0 bridgehead atoms. The number of phenolic OH excluding ortho intramolecular Hbond substituents is 1. The van der Waals surface area contributed by atoms with Crippen LogP contribution in [0.1, 0.15) is 29.0 Å². The van der Waals surface area contributed by atoms with Crippen molar-refractivity contribution in [1.82, 2.24) is 5.32 Å². The van der Waals surface area contributed by atoms with E-state index in [1.165, 1.54) is 0 Å². The minimum atomic E-state index is -0.238. The molecule has 0 heterocycles. The van der Waals surface area contributed by atoms with Crippen LogP contribution in [0.15, 0.2) is 97.1 Å². The molecule has 4 aromatic carbocycles. The Morgan fingerprint density at radius 2 is 1.45 bits per heavy atom. The number of nitrogens with one attached hydrogen (secondary N) is 1. The molecule has 0 spiro atoms. The Bertz CT molecular complexity index is 1110. The van der Waals surface area contributed by atoms with Crippen molar-refractivity contribution in [3.63, 3.8) is 0 Å². The van der Waals surface area contributed by atoms with E-state index in [0.717, 1.165) is 27.5 Å². The number of aromatic hydroxyl groups is 1. The fourth-order valence-corrected chi connectivity index (χ4v) is 3.78. The van der Waals surface area contributed by atoms with E-state index in [2.05, 4.69) is 5.32 Å². The molecule has 0 aromatic heterocycles. The molecule has 1 amide bonds. The van der Waals surface area contributed by atoms with E-state index in [-0.39, 0.29) is 24.0 Å². The van der Waals surface area contributed by atoms with Gasteiger partial charge in [0.05, 0.1) is 0 Å². The minimum absolute atomic E-state index is 0.0463. The Hall–Kier alpha value is -3.59. The standard InChI is InChI=1S/C26H23NO2/c28-24-16-15-21-13-7-8-14-22(21)26(24)23(20-11-5-2-6-12-20)17-25(29)27-18-19-9-3-1-4-10-19/h1-16,23,28H,17-18H2,(H,27,29)/t23-/m1/s1. The summed E-state index contributed by atoms with van der Waals surface area (Å²) in [5.74, 6) is -0.0680. The number of hydrogen-bond donors (Lipinski definition) is 2. The molecule has 3 heteroatoms. The molecule has 2 N–H and O–H groups in total. The van der Waals surface area contributed by atoms with E-state index >= 15 is 0 Å². The van der Waals surface area contributed by atoms with Gasteiger partial charge in [-0.2, -0.15) is 0 Å². The number of hydrogen-bond acceptors (Lipinski definition) is 2. The van der Waals surface area contributed by atoms with Gasteiger partial charge in [0.2, 0.25) is 5.91 Å². The zero-order valence-corrected chi connectivity index (χ0v) is 16.1. The van der Waals surface area contributed by atoms with Gasteiger partial charge in [0, 0.05) is 24.4 Å². The summed E-state index contributed by atoms with van der Waals surface area (Å²) >= 11 is 0. The third kappa shape index (κ3) is 4.30. The Morgan fingerprint density at radius 3 is 2.21 bits per heavy atom. The maximum absolute atomic E-state index is 12.8. The van der Waals surface area contributed by atoms with E-state index in [4.69, 9.17) is 0 Å². The first-order chi connectivity index (χ1) is 14.2. The van der Waals surface area contributed by atoms with E-state index in [1.54, 1.807) is 6.07 Å². The van der Waals surface area contributed by atoms with Gasteiger partial charge in [-0.1, -0.05) is 91.0 Å². The highest BCUT2D eigenvalue weighted by atomic mass is 16.3. The molecule has 4 rings (SSSR count). The summed E-state index contributed by atoms with van der Waals surface area (Å²) in [5.41, 5.74) is 2.86. The molecule has 0 aliphatic rings. The van der Waals surface area contributed by atoms with Crippen molar-refractivity contribution in [2.75, 3.05) is 0 Å². The number of rotatable bonds is 6. The molecule has 0 saturated heterocycles. The largest absolute Gasteiger partial charge is 0.508 e. The van der Waals surface area contributed by atoms with Gasteiger partial charge in [-0.05, 0) is 28.0 Å². The normalized spacial score (nSPS) is 11.9. The maximum Gasteiger partial charge on any atom is 0.221 e. The summed E-state index contributed by atoms with van der Waals surface area (Å²) in [4.78, 5) is 12.8. The quantitative estimate of drug-likeness (QED) is 0.471. The van der Waals surface area contributed by atoms with Crippen molar-refractivity contribution < 1.29 is 9.90 Å². The smallest absolute Gasteiger partial charge is 0.221 e. The van der Waals surface area contributed by atoms with Gasteiger partial charge in [-0.25, -0.2) is 0 Å². The lowest BCUT2D eigenvalue weighted by Crippen LogP contribution is -2.25. The van der Waals surface area contributed by atoms with Crippen LogP contribution in [-0.4, -0.2) is 11.0 Å². The van der Waals surface area contributed by atoms with Gasteiger partial charge in [-0.3, -0.25) is 4.79 Å². The van der Waals surface area contributed by atoms with Crippen molar-refractivity contribution in [1.29, 1.82) is 0 Å². The summed E-state index contributed by atoms with van der Waals surface area (Å²) in [5, 5.41) is 15.8. The highest BCUT2D eigenvalue weighted by Crippen LogP contribution is 2.39. The van der Waals surface area contributed by atoms with Gasteiger partial charge in [-0.15, -0.1) is 0 Å². The van der Waals surface area contributed by atoms with Gasteiger partial charge >= 0.3 is 0 Å². The number of carbonyl (C=O) groups excluding carboxylic acids is 1. The Kier molecular flexibility index (Phi) is 5.57. The highest BCUT2D eigenvalue weighted by Gasteiger charge is 2.23. The number of amides is 1. The van der Waals surface area contributed by atoms with E-state index in [0.29, 0.717) is 6.54 Å². The first-order valence-electron chi connectivity index (χ1n) is 9.78. The topological polar surface area (TPSA) is 49.3 Å². The lowest BCUT2D eigenvalue weighted by molar-refractivity contribution is -0.121. The fraction of sp³-hybridized carbons (Fsp3) is 0.115. The molecular weight excluding hydrogens is 358 g/mol. The Morgan fingerprint density at radius 1 is 0.793 bits per heavy atom. The third-order valence-electron chi connectivity index (χ3n) is 5.22. The van der Waals surface area contributed by atoms with E-state index in [1.807, 2.05) is 91.0 Å². The Labute approximate surface area is 170 Å². The van der Waals surface area contributed by atoms with Crippen molar-refractivity contribution in [2.45, 2.75) is 18.9 Å². The van der Waals surface area contributed by atoms with Crippen LogP contribution in [0.2, 0.25) is 0 Å². The number of carbonyl (C=O) groups is 1. The van der Waals surface area contributed by atoms with Gasteiger partial charge in [0.1, 0.15) is 5.75 Å². The molecule has 0 aliphatic carbocycles. The summed E-state index contributed by atoms with van der Waals surface area (Å²) < 4.78 is 0.